The van der Waals surface area contributed by atoms with E-state index in [1.165, 1.54) is 34.6 Å². The minimum absolute atomic E-state index is 0.0634. The van der Waals surface area contributed by atoms with E-state index >= 15 is 0 Å². The third-order valence-electron chi connectivity index (χ3n) is 9.77. The second-order valence-corrected chi connectivity index (χ2v) is 12.8. The van der Waals surface area contributed by atoms with Crippen molar-refractivity contribution < 1.29 is 57.5 Å². The van der Waals surface area contributed by atoms with Crippen LogP contribution in [0, 0.1) is 22.7 Å². The van der Waals surface area contributed by atoms with Crippen molar-refractivity contribution in [1.29, 1.82) is 0 Å². The molecule has 2 saturated carbocycles. The molecule has 1 N–H and O–H groups in total. The average molecular weight is 595 g/mol. The molecule has 4 rings (SSSR count). The van der Waals surface area contributed by atoms with E-state index in [1.54, 1.807) is 13.8 Å². The molecule has 1 saturated heterocycles. The van der Waals surface area contributed by atoms with Gasteiger partial charge in [0.25, 0.3) is 0 Å². The lowest BCUT2D eigenvalue weighted by Crippen LogP contribution is -2.72. The number of carbonyl (C=O) groups is 5. The van der Waals surface area contributed by atoms with E-state index in [1.807, 2.05) is 13.8 Å². The molecule has 0 aromatic heterocycles. The molecule has 10 unspecified atom stereocenters. The maximum Gasteiger partial charge on any atom is 0.303 e. The topological polar surface area (TPSA) is 164 Å². The Bertz CT molecular complexity index is 1200. The summed E-state index contributed by atoms with van der Waals surface area (Å²) in [7, 11) is 0. The molecule has 234 valence electrons. The van der Waals surface area contributed by atoms with Gasteiger partial charge >= 0.3 is 29.8 Å². The van der Waals surface area contributed by atoms with Gasteiger partial charge in [-0.05, 0) is 29.9 Å². The number of ether oxygens (including phenoxy) is 6. The summed E-state index contributed by atoms with van der Waals surface area (Å²) in [6.45, 7) is 13.6. The van der Waals surface area contributed by atoms with E-state index in [-0.39, 0.29) is 19.4 Å². The van der Waals surface area contributed by atoms with E-state index in [9.17, 15) is 29.1 Å². The van der Waals surface area contributed by atoms with Crippen molar-refractivity contribution in [3.63, 3.8) is 0 Å². The molecule has 3 aliphatic carbocycles. The van der Waals surface area contributed by atoms with Crippen LogP contribution in [-0.4, -0.2) is 83.8 Å². The molecule has 0 amide bonds. The van der Waals surface area contributed by atoms with Gasteiger partial charge in [0.05, 0.1) is 18.1 Å². The van der Waals surface area contributed by atoms with Crippen LogP contribution in [0.25, 0.3) is 0 Å². The van der Waals surface area contributed by atoms with Gasteiger partial charge in [0.2, 0.25) is 0 Å². The van der Waals surface area contributed by atoms with Crippen LogP contribution in [0.2, 0.25) is 0 Å². The van der Waals surface area contributed by atoms with Gasteiger partial charge in [-0.15, -0.1) is 0 Å². The van der Waals surface area contributed by atoms with Gasteiger partial charge in [0, 0.05) is 52.9 Å². The summed E-state index contributed by atoms with van der Waals surface area (Å²) in [5.74, 6) is -4.60. The second kappa shape index (κ2) is 10.9. The smallest absolute Gasteiger partial charge is 0.303 e. The van der Waals surface area contributed by atoms with E-state index in [0.29, 0.717) is 11.1 Å². The van der Waals surface area contributed by atoms with Gasteiger partial charge < -0.3 is 33.5 Å². The molecule has 1 heterocycles. The zero-order valence-electron chi connectivity index (χ0n) is 25.7. The molecular formula is C30H42O12. The van der Waals surface area contributed by atoms with Gasteiger partial charge in [0.15, 0.2) is 12.2 Å². The molecule has 42 heavy (non-hydrogen) atoms. The highest BCUT2D eigenvalue weighted by molar-refractivity contribution is 5.69. The third kappa shape index (κ3) is 5.21. The summed E-state index contributed by atoms with van der Waals surface area (Å²) in [6.07, 6.45) is -6.28. The quantitative estimate of drug-likeness (QED) is 0.214. The van der Waals surface area contributed by atoms with Gasteiger partial charge in [-0.3, -0.25) is 24.0 Å². The lowest BCUT2D eigenvalue weighted by atomic mass is 9.47. The average Bonchev–Trinajstić information content (AvgIpc) is 3.61. The highest BCUT2D eigenvalue weighted by Crippen LogP contribution is 2.65. The van der Waals surface area contributed by atoms with Crippen LogP contribution in [0.4, 0.5) is 0 Å². The molecule has 12 nitrogen and oxygen atoms in total. The van der Waals surface area contributed by atoms with Crippen molar-refractivity contribution in [2.45, 2.75) is 117 Å². The Kier molecular flexibility index (Phi) is 8.31. The zero-order valence-corrected chi connectivity index (χ0v) is 25.7. The van der Waals surface area contributed by atoms with Crippen LogP contribution < -0.4 is 0 Å². The number of fused-ring (bicyclic) bond motifs is 4. The molecule has 2 bridgehead atoms. The SMILES string of the molecule is CC(=O)OC1CC2C(OC(C)=O)C3C4(CO4)C(O)CC(OC(C)=O)C3(C)C(OC(C)=O)C(OC(C)=O)C(=C1C)C2(C)C. The molecular weight excluding hydrogens is 552 g/mol. The summed E-state index contributed by atoms with van der Waals surface area (Å²) in [5.41, 5.74) is -2.37. The van der Waals surface area contributed by atoms with Gasteiger partial charge in [0.1, 0.15) is 23.9 Å². The summed E-state index contributed by atoms with van der Waals surface area (Å²) in [6, 6.07) is 0. The zero-order chi connectivity index (χ0) is 31.5. The van der Waals surface area contributed by atoms with Crippen molar-refractivity contribution in [2.24, 2.45) is 22.7 Å². The number of rotatable bonds is 5. The normalized spacial score (nSPS) is 40.0. The molecule has 1 aliphatic heterocycles. The van der Waals surface area contributed by atoms with Gasteiger partial charge in [-0.2, -0.15) is 0 Å². The Balaban J connectivity index is 2.14. The highest BCUT2D eigenvalue weighted by Gasteiger charge is 2.76. The van der Waals surface area contributed by atoms with Crippen molar-refractivity contribution in [3.8, 4) is 0 Å². The summed E-state index contributed by atoms with van der Waals surface area (Å²) < 4.78 is 35.8. The number of esters is 5. The summed E-state index contributed by atoms with van der Waals surface area (Å²) in [4.78, 5) is 62.9. The fourth-order valence-corrected chi connectivity index (χ4v) is 8.19. The Morgan fingerprint density at radius 1 is 0.786 bits per heavy atom. The molecule has 0 radical (unpaired) electrons. The minimum atomic E-state index is -1.40. The number of hydrogen-bond acceptors (Lipinski definition) is 12. The van der Waals surface area contributed by atoms with Crippen LogP contribution in [0.15, 0.2) is 11.1 Å². The molecule has 0 aromatic carbocycles. The van der Waals surface area contributed by atoms with Crippen LogP contribution >= 0.6 is 0 Å². The van der Waals surface area contributed by atoms with Gasteiger partial charge in [-0.25, -0.2) is 0 Å². The van der Waals surface area contributed by atoms with Gasteiger partial charge in [-0.1, -0.05) is 20.8 Å². The maximum atomic E-state index is 12.8. The first-order chi connectivity index (χ1) is 19.4. The minimum Gasteiger partial charge on any atom is -0.462 e. The molecule has 1 spiro atoms. The molecule has 4 aliphatic rings. The fourth-order valence-electron chi connectivity index (χ4n) is 8.19. The van der Waals surface area contributed by atoms with Crippen LogP contribution in [0.1, 0.15) is 75.2 Å². The largest absolute Gasteiger partial charge is 0.462 e. The first-order valence-corrected chi connectivity index (χ1v) is 14.3. The standard InChI is InChI=1S/C30H42O12/c1-13-20(38-14(2)31)10-19-24(40-16(4)33)26-29(9,22(39-15(3)32)11-21(36)30(26)12-37-30)27(42-18(6)35)25(41-17(5)34)23(13)28(19,7)8/h19-22,24-27,36H,10-12H2,1-9H3. The Morgan fingerprint density at radius 2 is 1.31 bits per heavy atom. The Hall–Kier alpha value is -2.99. The number of epoxide rings is 1. The summed E-state index contributed by atoms with van der Waals surface area (Å²) in [5, 5.41) is 11.5. The van der Waals surface area contributed by atoms with Crippen molar-refractivity contribution in [2.75, 3.05) is 6.61 Å². The lowest BCUT2D eigenvalue weighted by Gasteiger charge is -2.62. The number of aliphatic hydroxyl groups excluding tert-OH is 1. The van der Waals surface area contributed by atoms with E-state index in [4.69, 9.17) is 28.4 Å². The van der Waals surface area contributed by atoms with Crippen molar-refractivity contribution in [1.82, 2.24) is 0 Å². The first kappa shape index (κ1) is 31.9. The lowest BCUT2D eigenvalue weighted by molar-refractivity contribution is -0.256. The second-order valence-electron chi connectivity index (χ2n) is 12.8. The summed E-state index contributed by atoms with van der Waals surface area (Å²) >= 11 is 0. The Morgan fingerprint density at radius 3 is 1.79 bits per heavy atom. The van der Waals surface area contributed by atoms with Crippen LogP contribution in [-0.2, 0) is 52.4 Å². The highest BCUT2D eigenvalue weighted by atomic mass is 16.6. The number of aliphatic hydroxyl groups is 1. The molecule has 10 atom stereocenters. The number of hydrogen-bond donors (Lipinski definition) is 1. The van der Waals surface area contributed by atoms with E-state index in [2.05, 4.69) is 0 Å². The molecule has 12 heteroatoms. The van der Waals surface area contributed by atoms with Crippen LogP contribution in [0.5, 0.6) is 0 Å². The maximum absolute atomic E-state index is 12.8. The van der Waals surface area contributed by atoms with Crippen molar-refractivity contribution in [3.05, 3.63) is 11.1 Å². The molecule has 3 fully saturated rings. The predicted molar refractivity (Wildman–Crippen MR) is 143 cm³/mol. The number of carbonyl (C=O) groups excluding carboxylic acids is 5. The first-order valence-electron chi connectivity index (χ1n) is 14.3. The third-order valence-corrected chi connectivity index (χ3v) is 9.77. The Labute approximate surface area is 245 Å². The van der Waals surface area contributed by atoms with Crippen molar-refractivity contribution >= 4 is 29.8 Å². The molecule has 0 aromatic rings. The predicted octanol–water partition coefficient (Wildman–Crippen LogP) is 2.18. The van der Waals surface area contributed by atoms with E-state index in [0.717, 1.165) is 0 Å². The van der Waals surface area contributed by atoms with E-state index < -0.39 is 94.7 Å². The fraction of sp³-hybridized carbons (Fsp3) is 0.767. The monoisotopic (exact) mass is 594 g/mol. The van der Waals surface area contributed by atoms with Crippen LogP contribution in [0.3, 0.4) is 0 Å².